The zero-order chi connectivity index (χ0) is 13.8. The minimum absolute atomic E-state index is 0.0761. The van der Waals surface area contributed by atoms with Gasteiger partial charge in [-0.15, -0.1) is 0 Å². The van der Waals surface area contributed by atoms with Gasteiger partial charge in [-0.25, -0.2) is 4.79 Å². The second-order valence-electron chi connectivity index (χ2n) is 3.79. The van der Waals surface area contributed by atoms with Gasteiger partial charge < -0.3 is 14.2 Å². The number of nitrogens with zero attached hydrogens (tertiary/aromatic N) is 1. The lowest BCUT2D eigenvalue weighted by molar-refractivity contribution is -0.138. The molecule has 0 fully saturated rings. The Kier molecular flexibility index (Phi) is 9.70. The highest BCUT2D eigenvalue weighted by atomic mass is 16.5. The van der Waals surface area contributed by atoms with Crippen molar-refractivity contribution in [1.29, 1.82) is 5.26 Å². The summed E-state index contributed by atoms with van der Waals surface area (Å²) in [6.07, 6.45) is 2.71. The van der Waals surface area contributed by atoms with Gasteiger partial charge in [-0.05, 0) is 19.8 Å². The maximum absolute atomic E-state index is 11.4. The molecule has 0 saturated carbocycles. The van der Waals surface area contributed by atoms with Gasteiger partial charge in [0.15, 0.2) is 5.57 Å². The van der Waals surface area contributed by atoms with Crippen LogP contribution in [0.25, 0.3) is 0 Å². The van der Waals surface area contributed by atoms with Crippen LogP contribution in [-0.4, -0.2) is 31.9 Å². The van der Waals surface area contributed by atoms with Crippen molar-refractivity contribution in [3.8, 4) is 6.07 Å². The Hall–Kier alpha value is -1.54. The predicted octanol–water partition coefficient (Wildman–Crippen LogP) is 2.18. The molecule has 0 amide bonds. The third-order valence-electron chi connectivity index (χ3n) is 1.92. The fourth-order valence-corrected chi connectivity index (χ4v) is 1.03. The summed E-state index contributed by atoms with van der Waals surface area (Å²) in [6.45, 7) is 7.03. The first-order valence-corrected chi connectivity index (χ1v) is 6.16. The zero-order valence-corrected chi connectivity index (χ0v) is 11.3. The van der Waals surface area contributed by atoms with E-state index in [0.29, 0.717) is 26.2 Å². The van der Waals surface area contributed by atoms with Crippen LogP contribution in [0.15, 0.2) is 11.8 Å². The second kappa shape index (κ2) is 10.6. The summed E-state index contributed by atoms with van der Waals surface area (Å²) in [5.74, 6) is -0.651. The molecule has 1 unspecified atom stereocenters. The van der Waals surface area contributed by atoms with E-state index in [1.165, 1.54) is 0 Å². The van der Waals surface area contributed by atoms with Gasteiger partial charge in [-0.3, -0.25) is 0 Å². The monoisotopic (exact) mass is 255 g/mol. The van der Waals surface area contributed by atoms with E-state index in [2.05, 4.69) is 0 Å². The molecule has 0 spiro atoms. The summed E-state index contributed by atoms with van der Waals surface area (Å²) in [5, 5.41) is 8.77. The van der Waals surface area contributed by atoms with E-state index in [0.717, 1.165) is 12.7 Å². The average molecular weight is 255 g/mol. The van der Waals surface area contributed by atoms with Crippen LogP contribution in [0.3, 0.4) is 0 Å². The van der Waals surface area contributed by atoms with Gasteiger partial charge in [0.1, 0.15) is 18.9 Å². The summed E-state index contributed by atoms with van der Waals surface area (Å²) in [7, 11) is 0. The van der Waals surface area contributed by atoms with Crippen LogP contribution in [-0.2, 0) is 19.0 Å². The van der Waals surface area contributed by atoms with Crippen molar-refractivity contribution < 1.29 is 19.0 Å². The lowest BCUT2D eigenvalue weighted by atomic mass is 10.3. The Balaban J connectivity index is 4.05. The van der Waals surface area contributed by atoms with Crippen LogP contribution in [0.5, 0.6) is 0 Å². The lowest BCUT2D eigenvalue weighted by Gasteiger charge is -2.11. The van der Waals surface area contributed by atoms with Crippen LogP contribution in [0, 0.1) is 11.3 Å². The van der Waals surface area contributed by atoms with E-state index in [1.54, 1.807) is 6.07 Å². The van der Waals surface area contributed by atoms with Gasteiger partial charge in [0.05, 0.1) is 12.7 Å². The molecule has 0 bridgehead atoms. The second-order valence-corrected chi connectivity index (χ2v) is 3.79. The number of hydrogen-bond acceptors (Lipinski definition) is 5. The summed E-state index contributed by atoms with van der Waals surface area (Å²) < 4.78 is 15.3. The Labute approximate surface area is 108 Å². The van der Waals surface area contributed by atoms with Crippen molar-refractivity contribution in [2.45, 2.75) is 39.7 Å². The molecule has 5 heteroatoms. The Morgan fingerprint density at radius 1 is 1.33 bits per heavy atom. The van der Waals surface area contributed by atoms with E-state index in [9.17, 15) is 4.79 Å². The molecule has 1 atom stereocenters. The van der Waals surface area contributed by atoms with Gasteiger partial charge in [-0.2, -0.15) is 5.26 Å². The zero-order valence-electron chi connectivity index (χ0n) is 11.3. The van der Waals surface area contributed by atoms with Crippen molar-refractivity contribution in [2.24, 2.45) is 0 Å². The van der Waals surface area contributed by atoms with Crippen molar-refractivity contribution in [2.75, 3.05) is 19.8 Å². The largest absolute Gasteiger partial charge is 0.497 e. The van der Waals surface area contributed by atoms with Crippen LogP contribution in [0.2, 0.25) is 0 Å². The molecule has 0 rings (SSSR count). The van der Waals surface area contributed by atoms with Crippen molar-refractivity contribution >= 4 is 5.97 Å². The molecule has 0 saturated heterocycles. The van der Waals surface area contributed by atoms with Crippen molar-refractivity contribution in [3.63, 3.8) is 0 Å². The van der Waals surface area contributed by atoms with Crippen LogP contribution in [0.1, 0.15) is 33.6 Å². The minimum Gasteiger partial charge on any atom is -0.497 e. The molecule has 0 aromatic carbocycles. The molecule has 0 aliphatic heterocycles. The third-order valence-corrected chi connectivity index (χ3v) is 1.92. The average Bonchev–Trinajstić information content (AvgIpc) is 2.38. The van der Waals surface area contributed by atoms with Crippen LogP contribution >= 0.6 is 0 Å². The van der Waals surface area contributed by atoms with E-state index in [4.69, 9.17) is 19.5 Å². The molecule has 0 aromatic rings. The molecular weight excluding hydrogens is 234 g/mol. The normalized spacial score (nSPS) is 12.7. The quantitative estimate of drug-likeness (QED) is 0.273. The molecule has 5 nitrogen and oxygen atoms in total. The highest BCUT2D eigenvalue weighted by molar-refractivity contribution is 5.92. The first-order chi connectivity index (χ1) is 8.65. The number of carbonyl (C=O) groups excluding carboxylic acids is 1. The first-order valence-electron chi connectivity index (χ1n) is 6.16. The Morgan fingerprint density at radius 2 is 2.00 bits per heavy atom. The fourth-order valence-electron chi connectivity index (χ4n) is 1.03. The molecule has 0 aromatic heterocycles. The van der Waals surface area contributed by atoms with Crippen molar-refractivity contribution in [1.82, 2.24) is 0 Å². The molecule has 102 valence electrons. The molecule has 0 heterocycles. The highest BCUT2D eigenvalue weighted by Gasteiger charge is 2.11. The van der Waals surface area contributed by atoms with Crippen LogP contribution < -0.4 is 0 Å². The van der Waals surface area contributed by atoms with E-state index in [1.807, 2.05) is 20.8 Å². The molecule has 0 N–H and O–H groups in total. The summed E-state index contributed by atoms with van der Waals surface area (Å²) in [6, 6.07) is 1.75. The number of ether oxygens (including phenoxy) is 3. The highest BCUT2D eigenvalue weighted by Crippen LogP contribution is 2.00. The smallest absolute Gasteiger partial charge is 0.352 e. The maximum atomic E-state index is 11.4. The number of hydrogen-bond donors (Lipinski definition) is 0. The minimum atomic E-state index is -0.651. The number of nitriles is 1. The molecule has 18 heavy (non-hydrogen) atoms. The van der Waals surface area contributed by atoms with Gasteiger partial charge in [0.25, 0.3) is 0 Å². The first kappa shape index (κ1) is 16.5. The van der Waals surface area contributed by atoms with Crippen LogP contribution in [0.4, 0.5) is 0 Å². The third kappa shape index (κ3) is 7.69. The summed E-state index contributed by atoms with van der Waals surface area (Å²) in [5.41, 5.74) is -0.133. The molecular formula is C13H21NO4. The standard InChI is InChI=1S/C13H21NO4/c1-4-6-17-11(3)9-16-10-12(8-14)13(15)18-7-5-2/h10-11H,4-7,9H2,1-3H3/b12-10+. The van der Waals surface area contributed by atoms with Gasteiger partial charge in [-0.1, -0.05) is 13.8 Å². The Bertz CT molecular complexity index is 307. The van der Waals surface area contributed by atoms with E-state index < -0.39 is 5.97 Å². The molecule has 0 aliphatic carbocycles. The van der Waals surface area contributed by atoms with Gasteiger partial charge in [0, 0.05) is 6.61 Å². The SMILES string of the molecule is CCCOC(=O)/C(C#N)=C/OCC(C)OCCC. The maximum Gasteiger partial charge on any atom is 0.352 e. The van der Waals surface area contributed by atoms with Gasteiger partial charge >= 0.3 is 5.97 Å². The predicted molar refractivity (Wildman–Crippen MR) is 66.6 cm³/mol. The fraction of sp³-hybridized carbons (Fsp3) is 0.692. The summed E-state index contributed by atoms with van der Waals surface area (Å²) in [4.78, 5) is 11.4. The van der Waals surface area contributed by atoms with Crippen molar-refractivity contribution in [3.05, 3.63) is 11.8 Å². The van der Waals surface area contributed by atoms with E-state index >= 15 is 0 Å². The van der Waals surface area contributed by atoms with E-state index in [-0.39, 0.29) is 11.7 Å². The number of carbonyl (C=O) groups is 1. The number of esters is 1. The van der Waals surface area contributed by atoms with Gasteiger partial charge in [0.2, 0.25) is 0 Å². The summed E-state index contributed by atoms with van der Waals surface area (Å²) >= 11 is 0. The molecule has 0 radical (unpaired) electrons. The Morgan fingerprint density at radius 3 is 2.56 bits per heavy atom. The molecule has 0 aliphatic rings. The topological polar surface area (TPSA) is 68.6 Å². The number of rotatable bonds is 9. The lowest BCUT2D eigenvalue weighted by Crippen LogP contribution is -2.15.